The topological polar surface area (TPSA) is 124 Å². The van der Waals surface area contributed by atoms with Crippen LogP contribution in [0.2, 0.25) is 0 Å². The van der Waals surface area contributed by atoms with Crippen molar-refractivity contribution in [3.8, 4) is 0 Å². The first kappa shape index (κ1) is 9.90. The van der Waals surface area contributed by atoms with Crippen LogP contribution in [0.3, 0.4) is 0 Å². The van der Waals surface area contributed by atoms with Gasteiger partial charge in [0.1, 0.15) is 12.2 Å². The summed E-state index contributed by atoms with van der Waals surface area (Å²) in [6, 6.07) is 0. The normalized spacial score (nSPS) is 39.8. The first-order chi connectivity index (χ1) is 5.95. The van der Waals surface area contributed by atoms with Gasteiger partial charge >= 0.3 is 11.9 Å². The van der Waals surface area contributed by atoms with Gasteiger partial charge in [-0.15, -0.1) is 0 Å². The third-order valence-corrected chi connectivity index (χ3v) is 1.71. The van der Waals surface area contributed by atoms with E-state index in [9.17, 15) is 9.59 Å². The van der Waals surface area contributed by atoms with E-state index < -0.39 is 36.4 Å². The van der Waals surface area contributed by atoms with Crippen LogP contribution in [0.25, 0.3) is 0 Å². The minimum Gasteiger partial charge on any atom is -0.478 e. The fourth-order valence-corrected chi connectivity index (χ4v) is 0.966. The number of rotatable bonds is 1. The molecule has 0 aromatic rings. The van der Waals surface area contributed by atoms with Gasteiger partial charge in [0.2, 0.25) is 6.10 Å². The zero-order valence-corrected chi connectivity index (χ0v) is 6.32. The molecule has 74 valence electrons. The van der Waals surface area contributed by atoms with E-state index in [1.54, 1.807) is 0 Å². The quantitative estimate of drug-likeness (QED) is 0.328. The smallest absolute Gasteiger partial charge is 0.347 e. The Kier molecular flexibility index (Phi) is 2.50. The molecule has 0 spiro atoms. The molecule has 7 heteroatoms. The van der Waals surface area contributed by atoms with Gasteiger partial charge in [-0.2, -0.15) is 0 Å². The summed E-state index contributed by atoms with van der Waals surface area (Å²) in [4.78, 5) is 21.0. The zero-order valence-electron chi connectivity index (χ0n) is 6.32. The monoisotopic (exact) mass is 192 g/mol. The molecule has 1 fully saturated rings. The lowest BCUT2D eigenvalue weighted by Crippen LogP contribution is -2.57. The van der Waals surface area contributed by atoms with Gasteiger partial charge in [-0.25, -0.2) is 9.59 Å². The molecule has 0 saturated carbocycles. The molecular weight excluding hydrogens is 184 g/mol. The molecule has 1 heterocycles. The van der Waals surface area contributed by atoms with Crippen LogP contribution in [-0.4, -0.2) is 56.8 Å². The second-order valence-corrected chi connectivity index (χ2v) is 2.62. The van der Waals surface area contributed by atoms with Crippen molar-refractivity contribution in [1.82, 2.24) is 0 Å². The highest BCUT2D eigenvalue weighted by molar-refractivity contribution is 5.83. The number of hydrogen-bond acceptors (Lipinski definition) is 6. The number of carbonyl (C=O) groups is 2. The van der Waals surface area contributed by atoms with E-state index >= 15 is 0 Å². The average Bonchev–Trinajstić information content (AvgIpc) is 2.07. The summed E-state index contributed by atoms with van der Waals surface area (Å²) < 4.78 is 4.14. The highest BCUT2D eigenvalue weighted by Gasteiger charge is 2.46. The van der Waals surface area contributed by atoms with Crippen LogP contribution < -0.4 is 0 Å². The van der Waals surface area contributed by atoms with Gasteiger partial charge in [0, 0.05) is 0 Å². The van der Waals surface area contributed by atoms with Crippen LogP contribution in [0.4, 0.5) is 0 Å². The van der Waals surface area contributed by atoms with Gasteiger partial charge in [-0.05, 0) is 0 Å². The predicted molar refractivity (Wildman–Crippen MR) is 35.5 cm³/mol. The molecule has 0 aromatic heterocycles. The molecule has 13 heavy (non-hydrogen) atoms. The number of esters is 1. The molecule has 7 nitrogen and oxygen atoms in total. The molecule has 1 rings (SSSR count). The number of aliphatic hydroxyl groups is 3. The Morgan fingerprint density at radius 2 is 1.77 bits per heavy atom. The van der Waals surface area contributed by atoms with Crippen molar-refractivity contribution in [2.24, 2.45) is 0 Å². The Hall–Kier alpha value is -1.18. The fraction of sp³-hybridized carbons (Fsp3) is 0.667. The van der Waals surface area contributed by atoms with E-state index in [1.807, 2.05) is 0 Å². The van der Waals surface area contributed by atoms with E-state index in [-0.39, 0.29) is 0 Å². The molecule has 1 aliphatic rings. The van der Waals surface area contributed by atoms with Crippen molar-refractivity contribution in [3.63, 3.8) is 0 Å². The summed E-state index contributed by atoms with van der Waals surface area (Å²) in [7, 11) is 0. The van der Waals surface area contributed by atoms with Crippen LogP contribution >= 0.6 is 0 Å². The van der Waals surface area contributed by atoms with Crippen molar-refractivity contribution >= 4 is 11.9 Å². The SMILES string of the molecule is O=C(O)[C@H]1OC(=O)[C@H](O)[C@@H](O)[C@@H]1O. The Labute approximate surface area is 72.2 Å². The fourth-order valence-electron chi connectivity index (χ4n) is 0.966. The third kappa shape index (κ3) is 1.62. The molecule has 0 unspecified atom stereocenters. The van der Waals surface area contributed by atoms with E-state index in [0.717, 1.165) is 0 Å². The second kappa shape index (κ2) is 3.29. The number of aliphatic carboxylic acids is 1. The molecule has 1 aliphatic heterocycles. The molecule has 0 bridgehead atoms. The maximum absolute atomic E-state index is 10.7. The molecule has 0 amide bonds. The molecule has 4 N–H and O–H groups in total. The minimum absolute atomic E-state index is 1.26. The van der Waals surface area contributed by atoms with Crippen molar-refractivity contribution in [2.75, 3.05) is 0 Å². The number of carboxylic acids is 1. The molecule has 0 aliphatic carbocycles. The summed E-state index contributed by atoms with van der Waals surface area (Å²) in [5, 5.41) is 35.2. The van der Waals surface area contributed by atoms with Crippen molar-refractivity contribution in [3.05, 3.63) is 0 Å². The molecule has 0 aromatic carbocycles. The maximum atomic E-state index is 10.7. The van der Waals surface area contributed by atoms with Crippen molar-refractivity contribution in [1.29, 1.82) is 0 Å². The highest BCUT2D eigenvalue weighted by atomic mass is 16.6. The second-order valence-electron chi connectivity index (χ2n) is 2.62. The number of aliphatic hydroxyl groups excluding tert-OH is 3. The number of carboxylic acid groups (broad SMARTS) is 1. The largest absolute Gasteiger partial charge is 0.478 e. The average molecular weight is 192 g/mol. The number of ether oxygens (including phenoxy) is 1. The summed E-state index contributed by atoms with van der Waals surface area (Å²) >= 11 is 0. The molecular formula is C6H8O7. The minimum atomic E-state index is -1.90. The van der Waals surface area contributed by atoms with E-state index in [2.05, 4.69) is 4.74 Å². The van der Waals surface area contributed by atoms with Crippen LogP contribution in [-0.2, 0) is 14.3 Å². The summed E-state index contributed by atoms with van der Waals surface area (Å²) in [6.45, 7) is 0. The van der Waals surface area contributed by atoms with Crippen LogP contribution in [0.1, 0.15) is 0 Å². The Balaban J connectivity index is 2.82. The zero-order chi connectivity index (χ0) is 10.2. The lowest BCUT2D eigenvalue weighted by molar-refractivity contribution is -0.209. The summed E-state index contributed by atoms with van der Waals surface area (Å²) in [5.41, 5.74) is 0. The Bertz CT molecular complexity index is 237. The van der Waals surface area contributed by atoms with E-state index in [1.165, 1.54) is 0 Å². The number of carbonyl (C=O) groups excluding carboxylic acids is 1. The number of hydrogen-bond donors (Lipinski definition) is 4. The number of cyclic esters (lactones) is 1. The Morgan fingerprint density at radius 1 is 1.23 bits per heavy atom. The molecule has 1 saturated heterocycles. The van der Waals surface area contributed by atoms with Crippen LogP contribution in [0, 0.1) is 0 Å². The van der Waals surface area contributed by atoms with Gasteiger partial charge in [0.05, 0.1) is 0 Å². The first-order valence-electron chi connectivity index (χ1n) is 3.42. The van der Waals surface area contributed by atoms with E-state index in [4.69, 9.17) is 20.4 Å². The lowest BCUT2D eigenvalue weighted by Gasteiger charge is -2.31. The third-order valence-electron chi connectivity index (χ3n) is 1.71. The first-order valence-corrected chi connectivity index (χ1v) is 3.42. The van der Waals surface area contributed by atoms with E-state index in [0.29, 0.717) is 0 Å². The molecule has 4 atom stereocenters. The van der Waals surface area contributed by atoms with Crippen LogP contribution in [0.15, 0.2) is 0 Å². The van der Waals surface area contributed by atoms with Crippen LogP contribution in [0.5, 0.6) is 0 Å². The Morgan fingerprint density at radius 3 is 2.23 bits per heavy atom. The lowest BCUT2D eigenvalue weighted by atomic mass is 10.00. The van der Waals surface area contributed by atoms with Gasteiger partial charge < -0.3 is 25.2 Å². The van der Waals surface area contributed by atoms with Gasteiger partial charge in [0.15, 0.2) is 6.10 Å². The van der Waals surface area contributed by atoms with Crippen molar-refractivity contribution in [2.45, 2.75) is 24.4 Å². The maximum Gasteiger partial charge on any atom is 0.347 e. The summed E-state index contributed by atoms with van der Waals surface area (Å²) in [5.74, 6) is -2.84. The van der Waals surface area contributed by atoms with Gasteiger partial charge in [0.25, 0.3) is 0 Å². The summed E-state index contributed by atoms with van der Waals surface area (Å²) in [6.07, 6.45) is -7.37. The van der Waals surface area contributed by atoms with Crippen molar-refractivity contribution < 1.29 is 34.8 Å². The predicted octanol–water partition coefficient (Wildman–Crippen LogP) is -2.92. The molecule has 0 radical (unpaired) electrons. The highest BCUT2D eigenvalue weighted by Crippen LogP contribution is 2.16. The van der Waals surface area contributed by atoms with Gasteiger partial charge in [-0.1, -0.05) is 0 Å². The standard InChI is InChI=1S/C6H8O7/c7-1-2(8)4(5(10)11)13-6(12)3(1)9/h1-4,7-9H,(H,10,11)/t1-,2-,3+,4-/m0/s1. The van der Waals surface area contributed by atoms with Gasteiger partial charge in [-0.3, -0.25) is 0 Å².